The summed E-state index contributed by atoms with van der Waals surface area (Å²) in [4.78, 5) is 18.9. The predicted molar refractivity (Wildman–Crippen MR) is 143 cm³/mol. The summed E-state index contributed by atoms with van der Waals surface area (Å²) in [6.45, 7) is 1.93. The highest BCUT2D eigenvalue weighted by molar-refractivity contribution is 5.80. The number of hydrogen-bond acceptors (Lipinski definition) is 7. The van der Waals surface area contributed by atoms with Crippen LogP contribution in [0.2, 0.25) is 0 Å². The van der Waals surface area contributed by atoms with Gasteiger partial charge in [0.2, 0.25) is 0 Å². The number of pyridine rings is 1. The van der Waals surface area contributed by atoms with E-state index in [1.165, 1.54) is 11.1 Å². The third-order valence-corrected chi connectivity index (χ3v) is 7.20. The molecule has 0 spiro atoms. The molecular weight excluding hydrogens is 480 g/mol. The number of benzene rings is 3. The highest BCUT2D eigenvalue weighted by atomic mass is 16.5. The number of tetrazole rings is 1. The van der Waals surface area contributed by atoms with Crippen molar-refractivity contribution >= 4 is 10.9 Å². The van der Waals surface area contributed by atoms with Gasteiger partial charge in [0, 0.05) is 24.7 Å². The number of aromatic nitrogens is 5. The molecule has 0 bridgehead atoms. The van der Waals surface area contributed by atoms with Crippen LogP contribution < -0.4 is 15.0 Å². The molecule has 6 rings (SSSR count). The van der Waals surface area contributed by atoms with Gasteiger partial charge >= 0.3 is 0 Å². The molecule has 1 aliphatic heterocycles. The van der Waals surface area contributed by atoms with Crippen LogP contribution in [0.4, 0.5) is 0 Å². The van der Waals surface area contributed by atoms with Gasteiger partial charge < -0.3 is 14.5 Å². The normalized spacial score (nSPS) is 14.3. The summed E-state index contributed by atoms with van der Waals surface area (Å²) in [6, 6.07) is 23.5. The van der Waals surface area contributed by atoms with E-state index in [0.29, 0.717) is 30.2 Å². The first kappa shape index (κ1) is 23.9. The molecule has 1 atom stereocenters. The summed E-state index contributed by atoms with van der Waals surface area (Å²) in [6.07, 6.45) is 0.884. The van der Waals surface area contributed by atoms with Gasteiger partial charge in [0.05, 0.1) is 26.3 Å². The van der Waals surface area contributed by atoms with Crippen LogP contribution in [0.3, 0.4) is 0 Å². The topological polar surface area (TPSA) is 98.2 Å². The summed E-state index contributed by atoms with van der Waals surface area (Å²) in [5.74, 6) is 2.10. The van der Waals surface area contributed by atoms with Crippen molar-refractivity contribution in [2.45, 2.75) is 25.6 Å². The van der Waals surface area contributed by atoms with Crippen molar-refractivity contribution in [3.05, 3.63) is 111 Å². The third-order valence-electron chi connectivity index (χ3n) is 7.20. The van der Waals surface area contributed by atoms with Gasteiger partial charge in [-0.1, -0.05) is 36.4 Å². The zero-order valence-corrected chi connectivity index (χ0v) is 21.3. The van der Waals surface area contributed by atoms with Crippen molar-refractivity contribution in [3.63, 3.8) is 0 Å². The minimum absolute atomic E-state index is 0.173. The molecule has 1 aliphatic rings. The van der Waals surface area contributed by atoms with E-state index in [9.17, 15) is 4.79 Å². The fraction of sp³-hybridized carbons (Fsp3) is 0.241. The Balaban J connectivity index is 1.45. The molecule has 0 aliphatic carbocycles. The van der Waals surface area contributed by atoms with Crippen molar-refractivity contribution in [1.82, 2.24) is 30.1 Å². The van der Waals surface area contributed by atoms with Gasteiger partial charge in [-0.05, 0) is 69.3 Å². The highest BCUT2D eigenvalue weighted by Gasteiger charge is 2.32. The Morgan fingerprint density at radius 1 is 0.947 bits per heavy atom. The standard InChI is InChI=1S/C29H28N6O3/c1-37-23-10-7-19(8-11-23)17-35-28(31-32-33-35)27(34-14-13-20-5-3-4-6-22(20)18-34)25-15-21-9-12-24(38-2)16-26(21)30-29(25)36/h3-12,15-16,27H,13-14,17-18H2,1-2H3,(H,30,36)/t27-/m1/s1. The zero-order chi connectivity index (χ0) is 26.1. The van der Waals surface area contributed by atoms with Crippen molar-refractivity contribution in [2.24, 2.45) is 0 Å². The first-order chi connectivity index (χ1) is 18.6. The number of rotatable bonds is 7. The van der Waals surface area contributed by atoms with Crippen LogP contribution >= 0.6 is 0 Å². The molecular formula is C29H28N6O3. The van der Waals surface area contributed by atoms with Crippen molar-refractivity contribution in [2.75, 3.05) is 20.8 Å². The Morgan fingerprint density at radius 3 is 2.50 bits per heavy atom. The molecule has 0 saturated carbocycles. The van der Waals surface area contributed by atoms with Crippen molar-refractivity contribution in [1.29, 1.82) is 0 Å². The minimum atomic E-state index is -0.438. The van der Waals surface area contributed by atoms with Gasteiger partial charge in [-0.2, -0.15) is 0 Å². The Kier molecular flexibility index (Phi) is 6.35. The SMILES string of the molecule is COc1ccc(Cn2nnnc2[C@@H](c2cc3ccc(OC)cc3[nH]c2=O)N2CCc3ccccc3C2)cc1. The molecule has 0 radical (unpaired) electrons. The number of fused-ring (bicyclic) bond motifs is 2. The average Bonchev–Trinajstić information content (AvgIpc) is 3.41. The number of H-pyrrole nitrogens is 1. The number of hydrogen-bond donors (Lipinski definition) is 1. The molecule has 38 heavy (non-hydrogen) atoms. The molecule has 3 heterocycles. The van der Waals surface area contributed by atoms with Gasteiger partial charge in [-0.15, -0.1) is 5.10 Å². The molecule has 1 N–H and O–H groups in total. The summed E-state index contributed by atoms with van der Waals surface area (Å²) in [7, 11) is 3.26. The predicted octanol–water partition coefficient (Wildman–Crippen LogP) is 3.73. The van der Waals surface area contributed by atoms with E-state index in [4.69, 9.17) is 9.47 Å². The number of methoxy groups -OCH3 is 2. The Bertz CT molecular complexity index is 1640. The number of nitrogens with zero attached hydrogens (tertiary/aromatic N) is 5. The molecule has 192 valence electrons. The lowest BCUT2D eigenvalue weighted by Crippen LogP contribution is -2.38. The summed E-state index contributed by atoms with van der Waals surface area (Å²) >= 11 is 0. The Labute approximate surface area is 219 Å². The van der Waals surface area contributed by atoms with Crippen LogP contribution in [0.1, 0.15) is 34.1 Å². The van der Waals surface area contributed by atoms with E-state index in [2.05, 4.69) is 49.7 Å². The minimum Gasteiger partial charge on any atom is -0.497 e. The van der Waals surface area contributed by atoms with Crippen molar-refractivity contribution in [3.8, 4) is 11.5 Å². The van der Waals surface area contributed by atoms with E-state index in [1.807, 2.05) is 48.5 Å². The smallest absolute Gasteiger partial charge is 0.253 e. The van der Waals surface area contributed by atoms with E-state index in [1.54, 1.807) is 18.9 Å². The second kappa shape index (κ2) is 10.1. The monoisotopic (exact) mass is 508 g/mol. The van der Waals surface area contributed by atoms with Crippen LogP contribution in [0.5, 0.6) is 11.5 Å². The van der Waals surface area contributed by atoms with Crippen LogP contribution in [0.15, 0.2) is 77.6 Å². The summed E-state index contributed by atoms with van der Waals surface area (Å²) in [5.41, 5.74) is 4.77. The van der Waals surface area contributed by atoms with Gasteiger partial charge in [-0.25, -0.2) is 4.68 Å². The van der Waals surface area contributed by atoms with Gasteiger partial charge in [0.25, 0.3) is 5.56 Å². The fourth-order valence-electron chi connectivity index (χ4n) is 5.19. The lowest BCUT2D eigenvalue weighted by Gasteiger charge is -2.34. The summed E-state index contributed by atoms with van der Waals surface area (Å²) in [5, 5.41) is 13.7. The zero-order valence-electron chi connectivity index (χ0n) is 21.3. The molecule has 9 nitrogen and oxygen atoms in total. The van der Waals surface area contributed by atoms with Crippen LogP contribution in [0, 0.1) is 0 Å². The number of ether oxygens (including phenoxy) is 2. The number of nitrogens with one attached hydrogen (secondary N) is 1. The van der Waals surface area contributed by atoms with Gasteiger partial charge in [0.1, 0.15) is 17.5 Å². The van der Waals surface area contributed by atoms with E-state index in [-0.39, 0.29) is 5.56 Å². The van der Waals surface area contributed by atoms with Crippen molar-refractivity contribution < 1.29 is 9.47 Å². The Morgan fingerprint density at radius 2 is 1.71 bits per heavy atom. The van der Waals surface area contributed by atoms with E-state index < -0.39 is 6.04 Å². The second-order valence-corrected chi connectivity index (χ2v) is 9.44. The third kappa shape index (κ3) is 4.52. The number of aromatic amines is 1. The average molecular weight is 509 g/mol. The fourth-order valence-corrected chi connectivity index (χ4v) is 5.19. The molecule has 2 aromatic heterocycles. The second-order valence-electron chi connectivity index (χ2n) is 9.44. The van der Waals surface area contributed by atoms with E-state index >= 15 is 0 Å². The molecule has 5 aromatic rings. The lowest BCUT2D eigenvalue weighted by molar-refractivity contribution is 0.194. The Hall–Kier alpha value is -4.50. The molecule has 9 heteroatoms. The maximum Gasteiger partial charge on any atom is 0.253 e. The maximum atomic E-state index is 13.6. The highest BCUT2D eigenvalue weighted by Crippen LogP contribution is 2.32. The van der Waals surface area contributed by atoms with Crippen LogP contribution in [-0.2, 0) is 19.5 Å². The van der Waals surface area contributed by atoms with Gasteiger partial charge in [-0.3, -0.25) is 9.69 Å². The summed E-state index contributed by atoms with van der Waals surface area (Å²) < 4.78 is 12.4. The van der Waals surface area contributed by atoms with Crippen LogP contribution in [0.25, 0.3) is 10.9 Å². The maximum absolute atomic E-state index is 13.6. The van der Waals surface area contributed by atoms with E-state index in [0.717, 1.165) is 35.2 Å². The lowest BCUT2D eigenvalue weighted by atomic mass is 9.96. The molecule has 0 unspecified atom stereocenters. The first-order valence-electron chi connectivity index (χ1n) is 12.5. The molecule has 0 fully saturated rings. The van der Waals surface area contributed by atoms with Gasteiger partial charge in [0.15, 0.2) is 5.82 Å². The first-order valence-corrected chi connectivity index (χ1v) is 12.5. The quantitative estimate of drug-likeness (QED) is 0.358. The largest absolute Gasteiger partial charge is 0.497 e. The molecule has 3 aromatic carbocycles. The molecule has 0 saturated heterocycles. The molecule has 0 amide bonds. The van der Waals surface area contributed by atoms with Crippen LogP contribution in [-0.4, -0.2) is 50.9 Å².